The van der Waals surface area contributed by atoms with Crippen LogP contribution in [-0.4, -0.2) is 4.92 Å². The molecule has 0 aliphatic carbocycles. The van der Waals surface area contributed by atoms with Crippen molar-refractivity contribution in [1.29, 1.82) is 0 Å². The molecule has 0 fully saturated rings. The van der Waals surface area contributed by atoms with Gasteiger partial charge in [-0.1, -0.05) is 6.08 Å². The Bertz CT molecular complexity index is 528. The summed E-state index contributed by atoms with van der Waals surface area (Å²) in [5, 5.41) is 11.3. The van der Waals surface area contributed by atoms with Crippen molar-refractivity contribution < 1.29 is 9.34 Å². The monoisotopic (exact) mass is 203 g/mol. The first-order valence-corrected chi connectivity index (χ1v) is 4.48. The van der Waals surface area contributed by atoms with Crippen molar-refractivity contribution >= 4 is 16.7 Å². The Morgan fingerprint density at radius 2 is 2.27 bits per heavy atom. The van der Waals surface area contributed by atoms with E-state index in [9.17, 15) is 10.1 Å². The van der Waals surface area contributed by atoms with E-state index in [0.29, 0.717) is 12.0 Å². The molecule has 0 bridgehead atoms. The van der Waals surface area contributed by atoms with Gasteiger partial charge in [0.15, 0.2) is 0 Å². The number of hydrogen-bond acceptors (Lipinski definition) is 3. The molecule has 0 radical (unpaired) electrons. The molecule has 4 heteroatoms. The van der Waals surface area contributed by atoms with Gasteiger partial charge in [-0.15, -0.1) is 6.58 Å². The van der Waals surface area contributed by atoms with Gasteiger partial charge in [0.25, 0.3) is 5.69 Å². The minimum absolute atomic E-state index is 0.0773. The lowest BCUT2D eigenvalue weighted by molar-refractivity contribution is -0.384. The maximum absolute atomic E-state index is 10.5. The highest BCUT2D eigenvalue weighted by atomic mass is 16.6. The van der Waals surface area contributed by atoms with Gasteiger partial charge in [0, 0.05) is 23.9 Å². The Morgan fingerprint density at radius 3 is 2.93 bits per heavy atom. The van der Waals surface area contributed by atoms with Crippen LogP contribution in [0, 0.1) is 10.1 Å². The van der Waals surface area contributed by atoms with Gasteiger partial charge in [0.05, 0.1) is 4.92 Å². The number of furan rings is 1. The number of nitrogens with zero attached hydrogens (tertiary/aromatic N) is 1. The zero-order chi connectivity index (χ0) is 10.8. The van der Waals surface area contributed by atoms with Gasteiger partial charge < -0.3 is 4.42 Å². The Labute approximate surface area is 86.0 Å². The summed E-state index contributed by atoms with van der Waals surface area (Å²) in [6.45, 7) is 3.60. The van der Waals surface area contributed by atoms with E-state index in [1.165, 1.54) is 12.1 Å². The summed E-state index contributed by atoms with van der Waals surface area (Å²) in [5.41, 5.74) is 0.742. The normalized spacial score (nSPS) is 10.4. The van der Waals surface area contributed by atoms with Crippen LogP contribution in [-0.2, 0) is 6.42 Å². The molecule has 15 heavy (non-hydrogen) atoms. The molecule has 0 saturated carbocycles. The van der Waals surface area contributed by atoms with Crippen molar-refractivity contribution in [2.45, 2.75) is 6.42 Å². The van der Waals surface area contributed by atoms with Gasteiger partial charge in [-0.3, -0.25) is 10.1 Å². The largest absolute Gasteiger partial charge is 0.461 e. The highest BCUT2D eigenvalue weighted by Gasteiger charge is 2.09. The number of nitro groups is 1. The summed E-state index contributed by atoms with van der Waals surface area (Å²) in [5.74, 6) is 0.764. The van der Waals surface area contributed by atoms with E-state index in [0.717, 1.165) is 11.1 Å². The van der Waals surface area contributed by atoms with Crippen molar-refractivity contribution in [3.8, 4) is 0 Å². The third-order valence-corrected chi connectivity index (χ3v) is 2.11. The highest BCUT2D eigenvalue weighted by Crippen LogP contribution is 2.24. The van der Waals surface area contributed by atoms with E-state index >= 15 is 0 Å². The molecule has 1 aromatic carbocycles. The molecule has 0 aliphatic heterocycles. The lowest BCUT2D eigenvalue weighted by Gasteiger charge is -1.89. The summed E-state index contributed by atoms with van der Waals surface area (Å²) in [7, 11) is 0. The molecule has 0 atom stereocenters. The van der Waals surface area contributed by atoms with Crippen LogP contribution in [0.3, 0.4) is 0 Å². The minimum Gasteiger partial charge on any atom is -0.461 e. The number of benzene rings is 1. The SMILES string of the molecule is C=CCc1cc2cc([N+](=O)[O-])ccc2o1. The minimum atomic E-state index is -0.417. The fraction of sp³-hybridized carbons (Fsp3) is 0.0909. The second-order valence-electron chi connectivity index (χ2n) is 3.18. The fourth-order valence-electron chi connectivity index (χ4n) is 1.44. The Hall–Kier alpha value is -2.10. The number of non-ortho nitro benzene ring substituents is 1. The van der Waals surface area contributed by atoms with Crippen molar-refractivity contribution in [2.75, 3.05) is 0 Å². The molecule has 0 unspecified atom stereocenters. The summed E-state index contributed by atoms with van der Waals surface area (Å²) >= 11 is 0. The van der Waals surface area contributed by atoms with Gasteiger partial charge in [-0.05, 0) is 12.1 Å². The van der Waals surface area contributed by atoms with Crippen molar-refractivity contribution in [2.24, 2.45) is 0 Å². The van der Waals surface area contributed by atoms with Crippen molar-refractivity contribution in [3.63, 3.8) is 0 Å². The number of nitro benzene ring substituents is 1. The van der Waals surface area contributed by atoms with Crippen LogP contribution in [0.1, 0.15) is 5.76 Å². The Balaban J connectivity index is 2.51. The van der Waals surface area contributed by atoms with E-state index in [-0.39, 0.29) is 5.69 Å². The molecular formula is C11H9NO3. The third kappa shape index (κ3) is 1.74. The van der Waals surface area contributed by atoms with Crippen LogP contribution in [0.15, 0.2) is 41.3 Å². The van der Waals surface area contributed by atoms with Crippen LogP contribution >= 0.6 is 0 Å². The summed E-state index contributed by atoms with van der Waals surface area (Å²) in [4.78, 5) is 10.1. The maximum atomic E-state index is 10.5. The van der Waals surface area contributed by atoms with Gasteiger partial charge >= 0.3 is 0 Å². The lowest BCUT2D eigenvalue weighted by atomic mass is 10.2. The molecule has 0 spiro atoms. The lowest BCUT2D eigenvalue weighted by Crippen LogP contribution is -1.85. The molecule has 2 aromatic rings. The molecule has 76 valence electrons. The topological polar surface area (TPSA) is 56.3 Å². The van der Waals surface area contributed by atoms with E-state index < -0.39 is 4.92 Å². The summed E-state index contributed by atoms with van der Waals surface area (Å²) in [6.07, 6.45) is 2.36. The van der Waals surface area contributed by atoms with Crippen molar-refractivity contribution in [1.82, 2.24) is 0 Å². The highest BCUT2D eigenvalue weighted by molar-refractivity contribution is 5.80. The van der Waals surface area contributed by atoms with E-state index in [1.807, 2.05) is 0 Å². The smallest absolute Gasteiger partial charge is 0.270 e. The van der Waals surface area contributed by atoms with Gasteiger partial charge in [0.1, 0.15) is 11.3 Å². The third-order valence-electron chi connectivity index (χ3n) is 2.11. The predicted octanol–water partition coefficient (Wildman–Crippen LogP) is 3.07. The molecular weight excluding hydrogens is 194 g/mol. The van der Waals surface area contributed by atoms with Crippen molar-refractivity contribution in [3.05, 3.63) is 52.8 Å². The summed E-state index contributed by atoms with van der Waals surface area (Å²) < 4.78 is 5.45. The molecule has 0 saturated heterocycles. The molecule has 1 aromatic heterocycles. The first kappa shape index (κ1) is 9.45. The zero-order valence-corrected chi connectivity index (χ0v) is 7.97. The zero-order valence-electron chi connectivity index (χ0n) is 7.97. The molecule has 1 heterocycles. The average Bonchev–Trinajstić information content (AvgIpc) is 2.59. The number of rotatable bonds is 3. The van der Waals surface area contributed by atoms with Crippen LogP contribution in [0.25, 0.3) is 11.0 Å². The van der Waals surface area contributed by atoms with Crippen LogP contribution in [0.2, 0.25) is 0 Å². The first-order chi connectivity index (χ1) is 7.20. The number of fused-ring (bicyclic) bond motifs is 1. The quantitative estimate of drug-likeness (QED) is 0.437. The number of allylic oxidation sites excluding steroid dienone is 1. The van der Waals surface area contributed by atoms with Crippen LogP contribution < -0.4 is 0 Å². The maximum Gasteiger partial charge on any atom is 0.270 e. The van der Waals surface area contributed by atoms with Crippen LogP contribution in [0.5, 0.6) is 0 Å². The summed E-state index contributed by atoms with van der Waals surface area (Å²) in [6, 6.07) is 6.35. The fourth-order valence-corrected chi connectivity index (χ4v) is 1.44. The first-order valence-electron chi connectivity index (χ1n) is 4.48. The number of hydrogen-bond donors (Lipinski definition) is 0. The average molecular weight is 203 g/mol. The second kappa shape index (κ2) is 3.57. The molecule has 0 N–H and O–H groups in total. The molecule has 4 nitrogen and oxygen atoms in total. The van der Waals surface area contributed by atoms with E-state index in [2.05, 4.69) is 6.58 Å². The Morgan fingerprint density at radius 1 is 1.47 bits per heavy atom. The van der Waals surface area contributed by atoms with E-state index in [1.54, 1.807) is 18.2 Å². The van der Waals surface area contributed by atoms with Gasteiger partial charge in [-0.25, -0.2) is 0 Å². The predicted molar refractivity (Wildman–Crippen MR) is 56.8 cm³/mol. The van der Waals surface area contributed by atoms with Crippen LogP contribution in [0.4, 0.5) is 5.69 Å². The van der Waals surface area contributed by atoms with Gasteiger partial charge in [-0.2, -0.15) is 0 Å². The molecule has 0 aliphatic rings. The van der Waals surface area contributed by atoms with Gasteiger partial charge in [0.2, 0.25) is 0 Å². The molecule has 2 rings (SSSR count). The Kier molecular flexibility index (Phi) is 2.25. The second-order valence-corrected chi connectivity index (χ2v) is 3.18. The molecule has 0 amide bonds. The van der Waals surface area contributed by atoms with E-state index in [4.69, 9.17) is 4.42 Å². The standard InChI is InChI=1S/C11H9NO3/c1-2-3-10-7-8-6-9(12(13)14)4-5-11(8)15-10/h2,4-7H,1,3H2.